The molecule has 1 aromatic heterocycles. The first-order chi connectivity index (χ1) is 41.4. The number of amides is 7. The fourth-order valence-electron chi connectivity index (χ4n) is 12.5. The van der Waals surface area contributed by atoms with E-state index in [1.807, 2.05) is 25.1 Å². The number of carbonyl (C=O) groups is 9. The van der Waals surface area contributed by atoms with Gasteiger partial charge in [0, 0.05) is 68.3 Å². The van der Waals surface area contributed by atoms with Crippen LogP contribution in [0.25, 0.3) is 22.0 Å². The van der Waals surface area contributed by atoms with Gasteiger partial charge in [-0.1, -0.05) is 70.9 Å². The number of carbonyl (C=O) groups excluding carboxylic acids is 9. The van der Waals surface area contributed by atoms with Crippen LogP contribution < -0.4 is 32.0 Å². The quantitative estimate of drug-likeness (QED) is 0.0283. The Morgan fingerprint density at radius 1 is 0.814 bits per heavy atom. The van der Waals surface area contributed by atoms with E-state index >= 15 is 0 Å². The van der Waals surface area contributed by atoms with Crippen LogP contribution in [0.5, 0.6) is 5.75 Å². The molecule has 0 radical (unpaired) electrons. The number of hydrogen-bond donors (Lipinski definition) is 4. The Kier molecular flexibility index (Phi) is 20.1. The van der Waals surface area contributed by atoms with E-state index in [4.69, 9.17) is 24.7 Å². The van der Waals surface area contributed by atoms with Gasteiger partial charge in [-0.05, 0) is 141 Å². The van der Waals surface area contributed by atoms with E-state index in [0.29, 0.717) is 73.8 Å². The van der Waals surface area contributed by atoms with Crippen LogP contribution in [-0.4, -0.2) is 130 Å². The monoisotopic (exact) mass is 1180 g/mol. The second-order valence-corrected chi connectivity index (χ2v) is 23.2. The molecule has 3 atom stereocenters. The van der Waals surface area contributed by atoms with E-state index in [0.717, 1.165) is 58.3 Å². The van der Waals surface area contributed by atoms with E-state index in [1.54, 1.807) is 66.6 Å². The van der Waals surface area contributed by atoms with Crippen molar-refractivity contribution < 1.29 is 62.1 Å². The Labute approximate surface area is 499 Å². The van der Waals surface area contributed by atoms with Gasteiger partial charge in [-0.2, -0.15) is 0 Å². The zero-order chi connectivity index (χ0) is 61.2. The van der Waals surface area contributed by atoms with Crippen molar-refractivity contribution in [1.82, 2.24) is 35.2 Å². The first-order valence-electron chi connectivity index (χ1n) is 30.2. The van der Waals surface area contributed by atoms with Crippen molar-refractivity contribution in [3.05, 3.63) is 110 Å². The van der Waals surface area contributed by atoms with Gasteiger partial charge in [-0.3, -0.25) is 33.7 Å². The minimum atomic E-state index is -2.01. The zero-order valence-electron chi connectivity index (χ0n) is 49.5. The number of piperidine rings is 2. The lowest BCUT2D eigenvalue weighted by molar-refractivity contribution is -0.175. The molecule has 4 aromatic rings. The third-order valence-electron chi connectivity index (χ3n) is 17.3. The van der Waals surface area contributed by atoms with E-state index in [9.17, 15) is 47.9 Å². The molecule has 2 fully saturated rings. The normalized spacial score (nSPS) is 18.2. The molecule has 3 aromatic carbocycles. The molecular weight excluding hydrogens is 1100 g/mol. The van der Waals surface area contributed by atoms with Crippen molar-refractivity contribution >= 4 is 64.4 Å². The number of aromatic nitrogens is 1. The summed E-state index contributed by atoms with van der Waals surface area (Å²) in [7, 11) is 0. The maximum absolute atomic E-state index is 14.5. The molecule has 2 saturated heterocycles. The largest absolute Gasteiger partial charge is 0.510 e. The molecule has 7 amide bonds. The molecule has 5 N–H and O–H groups in total. The van der Waals surface area contributed by atoms with Gasteiger partial charge >= 0.3 is 24.2 Å². The minimum Gasteiger partial charge on any atom is -0.457 e. The van der Waals surface area contributed by atoms with Gasteiger partial charge in [0.1, 0.15) is 25.0 Å². The lowest BCUT2D eigenvalue weighted by Gasteiger charge is -2.39. The van der Waals surface area contributed by atoms with Gasteiger partial charge in [0.05, 0.1) is 23.8 Å². The molecular formula is C64H78N8O14. The number of urea groups is 1. The summed E-state index contributed by atoms with van der Waals surface area (Å²) in [6, 6.07) is 13.7. The summed E-state index contributed by atoms with van der Waals surface area (Å²) in [6.07, 6.45) is 8.99. The molecule has 0 saturated carbocycles. The van der Waals surface area contributed by atoms with Gasteiger partial charge in [0.2, 0.25) is 17.4 Å². The Balaban J connectivity index is 0.817. The molecule has 22 heteroatoms. The van der Waals surface area contributed by atoms with Crippen LogP contribution in [0.3, 0.4) is 0 Å². The fourth-order valence-corrected chi connectivity index (χ4v) is 12.5. The first-order valence-corrected chi connectivity index (χ1v) is 30.2. The number of nitrogens with two attached hydrogens (primary N) is 1. The van der Waals surface area contributed by atoms with Gasteiger partial charge < -0.3 is 55.0 Å². The lowest BCUT2D eigenvalue weighted by Crippen LogP contribution is -2.54. The van der Waals surface area contributed by atoms with E-state index in [-0.39, 0.29) is 111 Å². The highest BCUT2D eigenvalue weighted by Crippen LogP contribution is 2.44. The number of imide groups is 1. The van der Waals surface area contributed by atoms with E-state index in [2.05, 4.69) is 20.9 Å². The highest BCUT2D eigenvalue weighted by molar-refractivity contribution is 6.12. The first kappa shape index (κ1) is 62.1. The minimum absolute atomic E-state index is 0.0765. The maximum Gasteiger partial charge on any atom is 0.510 e. The number of hydrogen-bond acceptors (Lipinski definition) is 15. The number of Topliss-reactive ketones (excluding diaryl/α,β-unsaturated/α-hetero) is 1. The molecule has 0 spiro atoms. The van der Waals surface area contributed by atoms with Crippen LogP contribution in [0.2, 0.25) is 0 Å². The van der Waals surface area contributed by atoms with Gasteiger partial charge in [0.15, 0.2) is 5.78 Å². The summed E-state index contributed by atoms with van der Waals surface area (Å²) in [6.45, 7) is 10.8. The van der Waals surface area contributed by atoms with Gasteiger partial charge in [-0.25, -0.2) is 19.2 Å². The molecule has 0 aliphatic carbocycles. The van der Waals surface area contributed by atoms with E-state index in [1.165, 1.54) is 31.4 Å². The SMILES string of the molecule is CCc1c2c(cc3ccc(OC(=O)N4CCC(N5CCCCC5)CC4)cc13)-c1cc3c(c(=O)n1C2)COC(=O)[C@]3(CC)OC(=O)OCc1ccc(CC(=O)[C@H](CCCNC(N)=O)NC(=O)[C@@H](NC(=O)CCCCCN2C(=O)C=CC2=O)C(C)C)cc1. The Morgan fingerprint density at radius 2 is 1.53 bits per heavy atom. The van der Waals surface area contributed by atoms with Crippen molar-refractivity contribution in [2.75, 3.05) is 39.3 Å². The topological polar surface area (TPSA) is 284 Å². The molecule has 458 valence electrons. The highest BCUT2D eigenvalue weighted by atomic mass is 16.7. The summed E-state index contributed by atoms with van der Waals surface area (Å²) in [4.78, 5) is 137. The zero-order valence-corrected chi connectivity index (χ0v) is 49.5. The Bertz CT molecular complexity index is 3340. The van der Waals surface area contributed by atoms with Crippen LogP contribution >= 0.6 is 0 Å². The number of primary amides is 1. The van der Waals surface area contributed by atoms with Crippen LogP contribution in [0, 0.1) is 5.92 Å². The predicted molar refractivity (Wildman–Crippen MR) is 316 cm³/mol. The molecule has 5 aliphatic heterocycles. The number of nitrogens with one attached hydrogen (secondary N) is 3. The number of likely N-dealkylation sites (tertiary alicyclic amines) is 2. The second kappa shape index (κ2) is 27.8. The average molecular weight is 1180 g/mol. The predicted octanol–water partition coefficient (Wildman–Crippen LogP) is 6.73. The number of pyridine rings is 1. The van der Waals surface area contributed by atoms with Crippen LogP contribution in [0.15, 0.2) is 71.5 Å². The third-order valence-corrected chi connectivity index (χ3v) is 17.3. The number of aryl methyl sites for hydroxylation is 1. The molecule has 9 rings (SSSR count). The molecule has 0 bridgehead atoms. The summed E-state index contributed by atoms with van der Waals surface area (Å²) in [5, 5.41) is 9.85. The summed E-state index contributed by atoms with van der Waals surface area (Å²) < 4.78 is 24.7. The summed E-state index contributed by atoms with van der Waals surface area (Å²) >= 11 is 0. The third kappa shape index (κ3) is 14.1. The van der Waals surface area contributed by atoms with Gasteiger partial charge in [-0.15, -0.1) is 0 Å². The Hall–Kier alpha value is -8.40. The van der Waals surface area contributed by atoms with Crippen LogP contribution in [-0.2, 0) is 81.2 Å². The van der Waals surface area contributed by atoms with E-state index < -0.39 is 41.7 Å². The van der Waals surface area contributed by atoms with Crippen molar-refractivity contribution in [3.63, 3.8) is 0 Å². The average Bonchev–Trinajstić information content (AvgIpc) is 1.46. The number of fused-ring (bicyclic) bond motifs is 5. The number of unbranched alkanes of at least 4 members (excludes halogenated alkanes) is 2. The molecule has 6 heterocycles. The lowest BCUT2D eigenvalue weighted by atomic mass is 9.85. The number of esters is 1. The van der Waals surface area contributed by atoms with Crippen molar-refractivity contribution in [2.24, 2.45) is 11.7 Å². The number of ketones is 1. The fraction of sp³-hybridized carbons (Fsp3) is 0.500. The molecule has 5 aliphatic rings. The highest BCUT2D eigenvalue weighted by Gasteiger charge is 2.51. The van der Waals surface area contributed by atoms with Crippen LogP contribution in [0.4, 0.5) is 14.4 Å². The number of rotatable bonds is 24. The summed E-state index contributed by atoms with van der Waals surface area (Å²) in [5.74, 6) is -2.77. The second-order valence-electron chi connectivity index (χ2n) is 23.2. The van der Waals surface area contributed by atoms with Gasteiger partial charge in [0.25, 0.3) is 17.4 Å². The molecule has 22 nitrogen and oxygen atoms in total. The maximum atomic E-state index is 14.5. The smallest absolute Gasteiger partial charge is 0.457 e. The molecule has 86 heavy (non-hydrogen) atoms. The molecule has 0 unspecified atom stereocenters. The number of nitrogens with zero attached hydrogens (tertiary/aromatic N) is 4. The Morgan fingerprint density at radius 3 is 2.22 bits per heavy atom. The van der Waals surface area contributed by atoms with Crippen molar-refractivity contribution in [3.8, 4) is 17.0 Å². The van der Waals surface area contributed by atoms with Crippen molar-refractivity contribution in [1.29, 1.82) is 0 Å². The number of ether oxygens (including phenoxy) is 4. The summed E-state index contributed by atoms with van der Waals surface area (Å²) in [5.41, 5.74) is 7.58. The van der Waals surface area contributed by atoms with Crippen LogP contribution in [0.1, 0.15) is 138 Å². The van der Waals surface area contributed by atoms with Crippen molar-refractivity contribution in [2.45, 2.75) is 161 Å². The number of cyclic esters (lactones) is 1. The number of benzene rings is 3. The standard InChI is InChI=1S/C64H78N8O14/c1-5-45-46-34-44(85-62(81)70-30-24-43(25-31-70)69-27-10-8-11-28-69)21-20-42(46)33-47-48(45)36-72-52(47)35-50-49(59(72)78)38-83-60(79)64(50,6-2)86-63(82)84-37-41-18-16-40(17-19-41)32-53(73)51(14-13-26-66-61(65)80)67-58(77)57(39(3)4)68-54(74)15-9-7-12-29-71-55(75)22-23-56(71)76/h16-23,33-35,39,43,51,57H,5-15,24-32,36-38H2,1-4H3,(H,67,77)(H,68,74)(H3,65,66,80)/t51-,57-,64+/m0/s1.